The zero-order valence-electron chi connectivity index (χ0n) is 13.0. The van der Waals surface area contributed by atoms with Crippen LogP contribution in [0.15, 0.2) is 12.1 Å². The van der Waals surface area contributed by atoms with E-state index in [-0.39, 0.29) is 12.6 Å². The van der Waals surface area contributed by atoms with Crippen LogP contribution in [0, 0.1) is 0 Å². The maximum absolute atomic E-state index is 12.1. The summed E-state index contributed by atoms with van der Waals surface area (Å²) in [7, 11) is 6.38. The molecule has 0 fully saturated rings. The lowest BCUT2D eigenvalue weighted by Crippen LogP contribution is -2.26. The van der Waals surface area contributed by atoms with Crippen LogP contribution in [0.1, 0.15) is 27.0 Å². The maximum Gasteiger partial charge on any atom is 0.253 e. The molecule has 0 unspecified atom stereocenters. The van der Waals surface area contributed by atoms with Gasteiger partial charge in [0.05, 0.1) is 19.8 Å². The molecule has 0 spiro atoms. The first-order valence-electron chi connectivity index (χ1n) is 6.56. The van der Waals surface area contributed by atoms with Gasteiger partial charge in [0.2, 0.25) is 0 Å². The van der Waals surface area contributed by atoms with E-state index in [1.54, 1.807) is 21.3 Å². The number of amides is 1. The first-order chi connectivity index (χ1) is 10.2. The van der Waals surface area contributed by atoms with Crippen molar-refractivity contribution in [2.45, 2.75) is 19.8 Å². The molecule has 1 amide bonds. The van der Waals surface area contributed by atoms with Crippen LogP contribution in [0.3, 0.4) is 0 Å². The van der Waals surface area contributed by atoms with Crippen LogP contribution in [-0.2, 0) is 38.8 Å². The molecule has 0 saturated heterocycles. The van der Waals surface area contributed by atoms with Gasteiger partial charge in [0.25, 0.3) is 5.91 Å². The molecule has 1 aromatic carbocycles. The number of carbonyl (C=O) groups is 1. The fourth-order valence-corrected chi connectivity index (χ4v) is 2.07. The van der Waals surface area contributed by atoms with Crippen LogP contribution < -0.4 is 5.32 Å². The average molecular weight is 297 g/mol. The Morgan fingerprint density at radius 2 is 1.43 bits per heavy atom. The van der Waals surface area contributed by atoms with Crippen molar-refractivity contribution in [2.24, 2.45) is 0 Å². The van der Waals surface area contributed by atoms with Crippen molar-refractivity contribution in [3.05, 3.63) is 34.4 Å². The molecule has 0 aliphatic heterocycles. The van der Waals surface area contributed by atoms with E-state index in [2.05, 4.69) is 5.32 Å². The molecular weight excluding hydrogens is 274 g/mol. The minimum atomic E-state index is -0.199. The lowest BCUT2D eigenvalue weighted by Gasteiger charge is -2.16. The second-order valence-electron chi connectivity index (χ2n) is 4.51. The quantitative estimate of drug-likeness (QED) is 0.699. The first-order valence-corrected chi connectivity index (χ1v) is 6.56. The van der Waals surface area contributed by atoms with Crippen LogP contribution in [0.5, 0.6) is 0 Å². The van der Waals surface area contributed by atoms with Crippen molar-refractivity contribution in [3.8, 4) is 0 Å². The molecule has 0 saturated carbocycles. The topological polar surface area (TPSA) is 66.0 Å². The van der Waals surface area contributed by atoms with E-state index in [0.717, 1.165) is 16.7 Å². The molecule has 1 aromatic rings. The molecule has 1 N–H and O–H groups in total. The molecule has 0 heterocycles. The van der Waals surface area contributed by atoms with Gasteiger partial charge in [0.15, 0.2) is 0 Å². The number of ether oxygens (including phenoxy) is 4. The van der Waals surface area contributed by atoms with Crippen molar-refractivity contribution in [1.82, 2.24) is 5.32 Å². The summed E-state index contributed by atoms with van der Waals surface area (Å²) in [5.41, 5.74) is 3.36. The van der Waals surface area contributed by atoms with Gasteiger partial charge in [-0.15, -0.1) is 0 Å². The Bertz CT molecular complexity index is 434. The SMILES string of the molecule is COCNC(=O)c1cc(COC)c(COC)c(COC)c1. The number of carbonyl (C=O) groups excluding carboxylic acids is 1. The number of benzene rings is 1. The molecular formula is C15H23NO5. The molecule has 0 aliphatic rings. The number of hydrogen-bond acceptors (Lipinski definition) is 5. The van der Waals surface area contributed by atoms with Crippen molar-refractivity contribution < 1.29 is 23.7 Å². The highest BCUT2D eigenvalue weighted by Crippen LogP contribution is 2.21. The number of hydrogen-bond donors (Lipinski definition) is 1. The largest absolute Gasteiger partial charge is 0.380 e. The third kappa shape index (κ3) is 5.09. The van der Waals surface area contributed by atoms with E-state index in [4.69, 9.17) is 18.9 Å². The molecule has 1 rings (SSSR count). The highest BCUT2D eigenvalue weighted by molar-refractivity contribution is 5.94. The molecule has 0 radical (unpaired) electrons. The van der Waals surface area contributed by atoms with E-state index in [1.807, 2.05) is 12.1 Å². The van der Waals surface area contributed by atoms with Crippen molar-refractivity contribution in [2.75, 3.05) is 35.2 Å². The van der Waals surface area contributed by atoms with Gasteiger partial charge in [-0.25, -0.2) is 0 Å². The van der Waals surface area contributed by atoms with E-state index < -0.39 is 0 Å². The normalized spacial score (nSPS) is 10.7. The second-order valence-corrected chi connectivity index (χ2v) is 4.51. The van der Waals surface area contributed by atoms with Gasteiger partial charge in [-0.2, -0.15) is 0 Å². The van der Waals surface area contributed by atoms with Crippen LogP contribution in [0.25, 0.3) is 0 Å². The monoisotopic (exact) mass is 297 g/mol. The van der Waals surface area contributed by atoms with Gasteiger partial charge >= 0.3 is 0 Å². The Morgan fingerprint density at radius 1 is 0.905 bits per heavy atom. The van der Waals surface area contributed by atoms with Gasteiger partial charge in [0, 0.05) is 34.0 Å². The van der Waals surface area contributed by atoms with Crippen molar-refractivity contribution >= 4 is 5.91 Å². The molecule has 6 nitrogen and oxygen atoms in total. The summed E-state index contributed by atoms with van der Waals surface area (Å²) in [6, 6.07) is 3.62. The molecule has 0 atom stereocenters. The summed E-state index contributed by atoms with van der Waals surface area (Å²) in [5, 5.41) is 2.66. The Balaban J connectivity index is 3.18. The molecule has 118 valence electrons. The fraction of sp³-hybridized carbons (Fsp3) is 0.533. The lowest BCUT2D eigenvalue weighted by atomic mass is 9.98. The smallest absolute Gasteiger partial charge is 0.253 e. The van der Waals surface area contributed by atoms with Crippen LogP contribution in [0.4, 0.5) is 0 Å². The van der Waals surface area contributed by atoms with Gasteiger partial charge in [0.1, 0.15) is 6.73 Å². The van der Waals surface area contributed by atoms with Gasteiger partial charge in [-0.1, -0.05) is 0 Å². The van der Waals surface area contributed by atoms with Crippen LogP contribution in [-0.4, -0.2) is 41.1 Å². The highest BCUT2D eigenvalue weighted by atomic mass is 16.5. The number of methoxy groups -OCH3 is 4. The number of rotatable bonds is 9. The Hall–Kier alpha value is -1.47. The summed E-state index contributed by atoms with van der Waals surface area (Å²) in [6.07, 6.45) is 0. The van der Waals surface area contributed by atoms with E-state index in [0.29, 0.717) is 25.4 Å². The number of nitrogens with one attached hydrogen (secondary N) is 1. The zero-order valence-corrected chi connectivity index (χ0v) is 13.0. The summed E-state index contributed by atoms with van der Waals surface area (Å²) in [5.74, 6) is -0.199. The summed E-state index contributed by atoms with van der Waals surface area (Å²) in [4.78, 5) is 12.1. The summed E-state index contributed by atoms with van der Waals surface area (Å²) < 4.78 is 20.5. The van der Waals surface area contributed by atoms with E-state index >= 15 is 0 Å². The standard InChI is InChI=1S/C15H23NO5/c1-18-7-12-5-11(15(17)16-10-21-4)6-13(8-19-2)14(12)9-20-3/h5-6H,7-10H2,1-4H3,(H,16,17). The summed E-state index contributed by atoms with van der Waals surface area (Å²) >= 11 is 0. The second kappa shape index (κ2) is 9.46. The van der Waals surface area contributed by atoms with E-state index in [9.17, 15) is 4.79 Å². The van der Waals surface area contributed by atoms with Gasteiger partial charge < -0.3 is 24.3 Å². The van der Waals surface area contributed by atoms with Crippen LogP contribution >= 0.6 is 0 Å². The average Bonchev–Trinajstić information content (AvgIpc) is 2.48. The Labute approximate surface area is 125 Å². The Morgan fingerprint density at radius 3 is 1.86 bits per heavy atom. The minimum absolute atomic E-state index is 0.165. The van der Waals surface area contributed by atoms with E-state index in [1.165, 1.54) is 7.11 Å². The summed E-state index contributed by atoms with van der Waals surface area (Å²) in [6.45, 7) is 1.41. The molecule has 0 aromatic heterocycles. The Kier molecular flexibility index (Phi) is 7.92. The maximum atomic E-state index is 12.1. The molecule has 21 heavy (non-hydrogen) atoms. The molecule has 6 heteroatoms. The molecule has 0 bridgehead atoms. The fourth-order valence-electron chi connectivity index (χ4n) is 2.07. The van der Waals surface area contributed by atoms with Crippen molar-refractivity contribution in [3.63, 3.8) is 0 Å². The van der Waals surface area contributed by atoms with Gasteiger partial charge in [-0.3, -0.25) is 4.79 Å². The predicted octanol–water partition coefficient (Wildman–Crippen LogP) is 1.46. The third-order valence-electron chi connectivity index (χ3n) is 2.96. The predicted molar refractivity (Wildman–Crippen MR) is 77.9 cm³/mol. The van der Waals surface area contributed by atoms with Gasteiger partial charge in [-0.05, 0) is 28.8 Å². The van der Waals surface area contributed by atoms with Crippen LogP contribution in [0.2, 0.25) is 0 Å². The zero-order chi connectivity index (χ0) is 15.7. The van der Waals surface area contributed by atoms with Crippen molar-refractivity contribution in [1.29, 1.82) is 0 Å². The highest BCUT2D eigenvalue weighted by Gasteiger charge is 2.14. The lowest BCUT2D eigenvalue weighted by molar-refractivity contribution is 0.0871. The first kappa shape index (κ1) is 17.6. The minimum Gasteiger partial charge on any atom is -0.380 e. The third-order valence-corrected chi connectivity index (χ3v) is 2.96. The molecule has 0 aliphatic carbocycles.